The molecule has 0 fully saturated rings. The Morgan fingerprint density at radius 3 is 2.51 bits per heavy atom. The van der Waals surface area contributed by atoms with Crippen LogP contribution in [0.1, 0.15) is 16.7 Å². The molecule has 1 amide bonds. The SMILES string of the molecule is COc1cc(CN(C)C(=O)CN2CCc3cc(S(N)(=O)=O)ccc32)ccc1OCc1ccccc1. The predicted octanol–water partition coefficient (Wildman–Crippen LogP) is 2.94. The quantitative estimate of drug-likeness (QED) is 0.490. The third kappa shape index (κ3) is 5.93. The molecular weight excluding hydrogens is 466 g/mol. The van der Waals surface area contributed by atoms with Crippen LogP contribution in [-0.2, 0) is 34.4 Å². The summed E-state index contributed by atoms with van der Waals surface area (Å²) < 4.78 is 34.6. The first kappa shape index (κ1) is 24.6. The normalized spacial score (nSPS) is 12.8. The number of nitrogens with two attached hydrogens (primary N) is 1. The number of ether oxygens (including phenoxy) is 2. The number of rotatable bonds is 9. The highest BCUT2D eigenvalue weighted by atomic mass is 32.2. The van der Waals surface area contributed by atoms with Gasteiger partial charge in [0.2, 0.25) is 15.9 Å². The molecule has 1 aliphatic heterocycles. The van der Waals surface area contributed by atoms with Crippen LogP contribution in [0.25, 0.3) is 0 Å². The van der Waals surface area contributed by atoms with Crippen LogP contribution in [-0.4, -0.2) is 46.5 Å². The number of methoxy groups -OCH3 is 1. The van der Waals surface area contributed by atoms with Gasteiger partial charge in [0.25, 0.3) is 0 Å². The van der Waals surface area contributed by atoms with E-state index in [-0.39, 0.29) is 17.3 Å². The van der Waals surface area contributed by atoms with E-state index in [1.54, 1.807) is 31.2 Å². The van der Waals surface area contributed by atoms with Gasteiger partial charge in [0, 0.05) is 25.8 Å². The van der Waals surface area contributed by atoms with E-state index < -0.39 is 10.0 Å². The van der Waals surface area contributed by atoms with Crippen molar-refractivity contribution in [2.24, 2.45) is 5.14 Å². The van der Waals surface area contributed by atoms with Crippen molar-refractivity contribution in [2.45, 2.75) is 24.5 Å². The Kier molecular flexibility index (Phi) is 7.28. The van der Waals surface area contributed by atoms with Gasteiger partial charge in [-0.2, -0.15) is 0 Å². The van der Waals surface area contributed by atoms with Crippen molar-refractivity contribution in [3.63, 3.8) is 0 Å². The number of hydrogen-bond acceptors (Lipinski definition) is 6. The third-order valence-electron chi connectivity index (χ3n) is 6.01. The number of carbonyl (C=O) groups excluding carboxylic acids is 1. The van der Waals surface area contributed by atoms with E-state index in [0.29, 0.717) is 37.6 Å². The van der Waals surface area contributed by atoms with Crippen molar-refractivity contribution in [3.05, 3.63) is 83.4 Å². The van der Waals surface area contributed by atoms with Gasteiger partial charge in [0.1, 0.15) is 6.61 Å². The lowest BCUT2D eigenvalue weighted by molar-refractivity contribution is -0.128. The Morgan fingerprint density at radius 2 is 1.80 bits per heavy atom. The first-order valence-corrected chi connectivity index (χ1v) is 12.8. The minimum absolute atomic E-state index is 0.0447. The highest BCUT2D eigenvalue weighted by Gasteiger charge is 2.24. The maximum absolute atomic E-state index is 12.9. The van der Waals surface area contributed by atoms with E-state index in [1.807, 2.05) is 53.4 Å². The fourth-order valence-corrected chi connectivity index (χ4v) is 4.66. The maximum Gasteiger partial charge on any atom is 0.242 e. The van der Waals surface area contributed by atoms with E-state index in [0.717, 1.165) is 22.4 Å². The second-order valence-electron chi connectivity index (χ2n) is 8.52. The first-order chi connectivity index (χ1) is 16.7. The fraction of sp³-hybridized carbons (Fsp3) is 0.269. The molecule has 184 valence electrons. The number of anilines is 1. The predicted molar refractivity (Wildman–Crippen MR) is 134 cm³/mol. The second-order valence-corrected chi connectivity index (χ2v) is 10.1. The lowest BCUT2D eigenvalue weighted by Gasteiger charge is -2.24. The van der Waals surface area contributed by atoms with Crippen molar-refractivity contribution >= 4 is 21.6 Å². The Bertz CT molecular complexity index is 1310. The Labute approximate surface area is 205 Å². The standard InChI is InChI=1S/C26H29N3O5S/c1-28(26(30)17-29-13-12-21-15-22(35(27,31)32)9-10-23(21)29)16-20-8-11-24(25(14-20)33-2)34-18-19-6-4-3-5-7-19/h3-11,14-15H,12-13,16-18H2,1-2H3,(H2,27,31,32). The average Bonchev–Trinajstić information content (AvgIpc) is 3.25. The number of hydrogen-bond donors (Lipinski definition) is 1. The number of likely N-dealkylation sites (N-methyl/N-ethyl adjacent to an activating group) is 1. The van der Waals surface area contributed by atoms with Crippen molar-refractivity contribution in [1.82, 2.24) is 4.90 Å². The highest BCUT2D eigenvalue weighted by molar-refractivity contribution is 7.89. The summed E-state index contributed by atoms with van der Waals surface area (Å²) in [6, 6.07) is 20.3. The lowest BCUT2D eigenvalue weighted by Crippen LogP contribution is -2.37. The summed E-state index contributed by atoms with van der Waals surface area (Å²) in [4.78, 5) is 16.6. The smallest absolute Gasteiger partial charge is 0.242 e. The molecular formula is C26H29N3O5S. The number of amides is 1. The molecule has 0 radical (unpaired) electrons. The summed E-state index contributed by atoms with van der Waals surface area (Å²) in [6.45, 7) is 1.70. The molecule has 3 aromatic rings. The zero-order valence-corrected chi connectivity index (χ0v) is 20.6. The minimum Gasteiger partial charge on any atom is -0.493 e. The molecule has 0 atom stereocenters. The van der Waals surface area contributed by atoms with Gasteiger partial charge in [0.05, 0.1) is 18.6 Å². The number of benzene rings is 3. The van der Waals surface area contributed by atoms with E-state index in [4.69, 9.17) is 14.6 Å². The van der Waals surface area contributed by atoms with Gasteiger partial charge in [-0.1, -0.05) is 36.4 Å². The largest absolute Gasteiger partial charge is 0.493 e. The third-order valence-corrected chi connectivity index (χ3v) is 6.92. The molecule has 0 bridgehead atoms. The Hall–Kier alpha value is -3.56. The molecule has 0 spiro atoms. The van der Waals surface area contributed by atoms with E-state index in [9.17, 15) is 13.2 Å². The van der Waals surface area contributed by atoms with Crippen LogP contribution < -0.4 is 19.5 Å². The molecule has 3 aromatic carbocycles. The zero-order chi connectivity index (χ0) is 25.0. The van der Waals surface area contributed by atoms with Crippen LogP contribution in [0, 0.1) is 0 Å². The van der Waals surface area contributed by atoms with Gasteiger partial charge in [-0.15, -0.1) is 0 Å². The Balaban J connectivity index is 1.37. The summed E-state index contributed by atoms with van der Waals surface area (Å²) in [5.41, 5.74) is 3.72. The van der Waals surface area contributed by atoms with Crippen LogP contribution in [0.4, 0.5) is 5.69 Å². The van der Waals surface area contributed by atoms with Gasteiger partial charge >= 0.3 is 0 Å². The van der Waals surface area contributed by atoms with Crippen LogP contribution in [0.5, 0.6) is 11.5 Å². The fourth-order valence-electron chi connectivity index (χ4n) is 4.10. The van der Waals surface area contributed by atoms with Crippen molar-refractivity contribution < 1.29 is 22.7 Å². The molecule has 2 N–H and O–H groups in total. The zero-order valence-electron chi connectivity index (χ0n) is 19.8. The maximum atomic E-state index is 12.9. The van der Waals surface area contributed by atoms with Crippen LogP contribution >= 0.6 is 0 Å². The molecule has 4 rings (SSSR count). The van der Waals surface area contributed by atoms with Crippen LogP contribution in [0.3, 0.4) is 0 Å². The number of sulfonamides is 1. The molecule has 0 aliphatic carbocycles. The summed E-state index contributed by atoms with van der Waals surface area (Å²) >= 11 is 0. The van der Waals surface area contributed by atoms with Gasteiger partial charge in [-0.3, -0.25) is 4.79 Å². The summed E-state index contributed by atoms with van der Waals surface area (Å²) in [7, 11) is -0.400. The molecule has 0 aromatic heterocycles. The van der Waals surface area contributed by atoms with Gasteiger partial charge in [-0.05, 0) is 53.4 Å². The van der Waals surface area contributed by atoms with Crippen molar-refractivity contribution in [3.8, 4) is 11.5 Å². The molecule has 35 heavy (non-hydrogen) atoms. The van der Waals surface area contributed by atoms with Gasteiger partial charge in [-0.25, -0.2) is 13.6 Å². The van der Waals surface area contributed by atoms with Crippen molar-refractivity contribution in [2.75, 3.05) is 32.1 Å². The average molecular weight is 496 g/mol. The molecule has 9 heteroatoms. The summed E-state index contributed by atoms with van der Waals surface area (Å²) in [6.07, 6.45) is 0.664. The molecule has 1 aliphatic rings. The van der Waals surface area contributed by atoms with Crippen molar-refractivity contribution in [1.29, 1.82) is 0 Å². The number of primary sulfonamides is 1. The number of fused-ring (bicyclic) bond motifs is 1. The van der Waals surface area contributed by atoms with E-state index >= 15 is 0 Å². The lowest BCUT2D eigenvalue weighted by atomic mass is 10.1. The van der Waals surface area contributed by atoms with E-state index in [2.05, 4.69) is 0 Å². The molecule has 8 nitrogen and oxygen atoms in total. The van der Waals surface area contributed by atoms with E-state index in [1.165, 1.54) is 6.07 Å². The molecule has 0 saturated heterocycles. The van der Waals surface area contributed by atoms with Gasteiger partial charge in [0.15, 0.2) is 11.5 Å². The van der Waals surface area contributed by atoms with Crippen LogP contribution in [0.2, 0.25) is 0 Å². The summed E-state index contributed by atoms with van der Waals surface area (Å²) in [5, 5.41) is 5.23. The monoisotopic (exact) mass is 495 g/mol. The second kappa shape index (κ2) is 10.4. The highest BCUT2D eigenvalue weighted by Crippen LogP contribution is 2.31. The van der Waals surface area contributed by atoms with Gasteiger partial charge < -0.3 is 19.3 Å². The Morgan fingerprint density at radius 1 is 1.03 bits per heavy atom. The number of carbonyl (C=O) groups is 1. The topological polar surface area (TPSA) is 102 Å². The molecule has 1 heterocycles. The minimum atomic E-state index is -3.75. The summed E-state index contributed by atoms with van der Waals surface area (Å²) in [5.74, 6) is 1.21. The first-order valence-electron chi connectivity index (χ1n) is 11.2. The molecule has 0 unspecified atom stereocenters. The number of nitrogens with zero attached hydrogens (tertiary/aromatic N) is 2. The van der Waals surface area contributed by atoms with Crippen LogP contribution in [0.15, 0.2) is 71.6 Å². The molecule has 0 saturated carbocycles.